The van der Waals surface area contributed by atoms with Gasteiger partial charge in [0.2, 0.25) is 10.0 Å². The average molecular weight is 289 g/mol. The number of hydrogen-bond acceptors (Lipinski definition) is 4. The highest BCUT2D eigenvalue weighted by Crippen LogP contribution is 2.10. The zero-order chi connectivity index (χ0) is 14.6. The Hall–Kier alpha value is -1.38. The largest absolute Gasteiger partial charge is 0.383 e. The molecule has 0 saturated carbocycles. The van der Waals surface area contributed by atoms with Crippen LogP contribution in [0.25, 0.3) is 0 Å². The SMILES string of the molecule is COCC(NC(=O)c1cc(S(N)(=O)=O)c[nH]1)C(C)C. The van der Waals surface area contributed by atoms with Gasteiger partial charge in [-0.1, -0.05) is 13.8 Å². The van der Waals surface area contributed by atoms with Crippen LogP contribution in [0.3, 0.4) is 0 Å². The van der Waals surface area contributed by atoms with E-state index in [2.05, 4.69) is 10.3 Å². The van der Waals surface area contributed by atoms with E-state index in [0.717, 1.165) is 0 Å². The maximum absolute atomic E-state index is 11.9. The summed E-state index contributed by atoms with van der Waals surface area (Å²) in [5.41, 5.74) is 0.144. The third-order valence-electron chi connectivity index (χ3n) is 2.70. The minimum absolute atomic E-state index is 0.120. The van der Waals surface area contributed by atoms with E-state index in [9.17, 15) is 13.2 Å². The molecule has 0 aliphatic carbocycles. The normalized spacial score (nSPS) is 13.5. The van der Waals surface area contributed by atoms with Gasteiger partial charge in [-0.05, 0) is 12.0 Å². The van der Waals surface area contributed by atoms with Crippen molar-refractivity contribution in [1.82, 2.24) is 10.3 Å². The van der Waals surface area contributed by atoms with Crippen molar-refractivity contribution >= 4 is 15.9 Å². The topological polar surface area (TPSA) is 114 Å². The fourth-order valence-corrected chi connectivity index (χ4v) is 2.00. The third kappa shape index (κ3) is 4.34. The first-order valence-corrected chi connectivity index (χ1v) is 7.31. The van der Waals surface area contributed by atoms with Crippen LogP contribution in [0.15, 0.2) is 17.2 Å². The molecule has 0 aliphatic rings. The van der Waals surface area contributed by atoms with E-state index in [1.165, 1.54) is 12.3 Å². The maximum atomic E-state index is 11.9. The molecule has 1 amide bonds. The predicted molar refractivity (Wildman–Crippen MR) is 70.1 cm³/mol. The second-order valence-electron chi connectivity index (χ2n) is 4.57. The molecule has 0 saturated heterocycles. The highest BCUT2D eigenvalue weighted by Gasteiger charge is 2.19. The van der Waals surface area contributed by atoms with E-state index in [1.54, 1.807) is 7.11 Å². The summed E-state index contributed by atoms with van der Waals surface area (Å²) in [6, 6.07) is 1.05. The van der Waals surface area contributed by atoms with E-state index in [1.807, 2.05) is 13.8 Å². The van der Waals surface area contributed by atoms with Gasteiger partial charge in [0.25, 0.3) is 5.91 Å². The monoisotopic (exact) mass is 289 g/mol. The summed E-state index contributed by atoms with van der Waals surface area (Å²) in [7, 11) is -2.26. The zero-order valence-electron chi connectivity index (χ0n) is 11.1. The van der Waals surface area contributed by atoms with Crippen LogP contribution < -0.4 is 10.5 Å². The number of carbonyl (C=O) groups is 1. The second kappa shape index (κ2) is 6.18. The number of hydrogen-bond donors (Lipinski definition) is 3. The van der Waals surface area contributed by atoms with E-state index in [4.69, 9.17) is 9.88 Å². The summed E-state index contributed by atoms with van der Waals surface area (Å²) in [5, 5.41) is 7.74. The number of nitrogens with one attached hydrogen (secondary N) is 2. The lowest BCUT2D eigenvalue weighted by molar-refractivity contribution is 0.0862. The Bertz CT molecular complexity index is 536. The Kier molecular flexibility index (Phi) is 5.10. The van der Waals surface area contributed by atoms with Crippen molar-refractivity contribution in [2.24, 2.45) is 11.1 Å². The highest BCUT2D eigenvalue weighted by atomic mass is 32.2. The molecule has 1 aromatic heterocycles. The molecule has 19 heavy (non-hydrogen) atoms. The van der Waals surface area contributed by atoms with Gasteiger partial charge >= 0.3 is 0 Å². The number of aromatic amines is 1. The molecule has 7 nitrogen and oxygen atoms in total. The molecule has 1 aromatic rings. The summed E-state index contributed by atoms with van der Waals surface area (Å²) >= 11 is 0. The van der Waals surface area contributed by atoms with Crippen LogP contribution in [0.4, 0.5) is 0 Å². The van der Waals surface area contributed by atoms with Gasteiger partial charge in [0.15, 0.2) is 0 Å². The van der Waals surface area contributed by atoms with Crippen LogP contribution in [0.1, 0.15) is 24.3 Å². The van der Waals surface area contributed by atoms with Gasteiger partial charge in [-0.3, -0.25) is 4.79 Å². The van der Waals surface area contributed by atoms with Crippen molar-refractivity contribution < 1.29 is 17.9 Å². The number of rotatable bonds is 6. The maximum Gasteiger partial charge on any atom is 0.268 e. The molecular weight excluding hydrogens is 270 g/mol. The van der Waals surface area contributed by atoms with Gasteiger partial charge in [0.1, 0.15) is 5.69 Å². The van der Waals surface area contributed by atoms with Gasteiger partial charge in [-0.2, -0.15) is 0 Å². The van der Waals surface area contributed by atoms with Crippen molar-refractivity contribution in [2.75, 3.05) is 13.7 Å². The van der Waals surface area contributed by atoms with E-state index in [0.29, 0.717) is 6.61 Å². The standard InChI is InChI=1S/C11H19N3O4S/c1-7(2)10(6-18-3)14-11(15)9-4-8(5-13-9)19(12,16)17/h4-5,7,10,13H,6H2,1-3H3,(H,14,15)(H2,12,16,17). The molecule has 4 N–H and O–H groups in total. The number of carbonyl (C=O) groups excluding carboxylic acids is 1. The van der Waals surface area contributed by atoms with Crippen molar-refractivity contribution in [3.05, 3.63) is 18.0 Å². The number of nitrogens with two attached hydrogens (primary N) is 1. The van der Waals surface area contributed by atoms with Crippen LogP contribution in [0.2, 0.25) is 0 Å². The smallest absolute Gasteiger partial charge is 0.268 e. The molecule has 0 aliphatic heterocycles. The summed E-state index contributed by atoms with van der Waals surface area (Å²) < 4.78 is 27.2. The molecule has 0 bridgehead atoms. The third-order valence-corrected chi connectivity index (χ3v) is 3.59. The highest BCUT2D eigenvalue weighted by molar-refractivity contribution is 7.89. The molecular formula is C11H19N3O4S. The van der Waals surface area contributed by atoms with Crippen LogP contribution in [0.5, 0.6) is 0 Å². The van der Waals surface area contributed by atoms with E-state index in [-0.39, 0.29) is 22.5 Å². The predicted octanol–water partition coefficient (Wildman–Crippen LogP) is 0.0629. The number of H-pyrrole nitrogens is 1. The van der Waals surface area contributed by atoms with Gasteiger partial charge < -0.3 is 15.0 Å². The molecule has 108 valence electrons. The molecule has 8 heteroatoms. The lowest BCUT2D eigenvalue weighted by Crippen LogP contribution is -2.41. The molecule has 0 spiro atoms. The van der Waals surface area contributed by atoms with Crippen molar-refractivity contribution in [1.29, 1.82) is 0 Å². The summed E-state index contributed by atoms with van der Waals surface area (Å²) in [6.45, 7) is 4.29. The Morgan fingerprint density at radius 3 is 2.58 bits per heavy atom. The molecule has 0 radical (unpaired) electrons. The Morgan fingerprint density at radius 1 is 1.53 bits per heavy atom. The van der Waals surface area contributed by atoms with Crippen LogP contribution >= 0.6 is 0 Å². The summed E-state index contributed by atoms with van der Waals surface area (Å²) in [5.74, 6) is -0.206. The van der Waals surface area contributed by atoms with E-state index < -0.39 is 15.9 Å². The van der Waals surface area contributed by atoms with Crippen molar-refractivity contribution in [3.63, 3.8) is 0 Å². The number of amides is 1. The van der Waals surface area contributed by atoms with Gasteiger partial charge in [-0.25, -0.2) is 13.6 Å². The van der Waals surface area contributed by atoms with Crippen LogP contribution in [0, 0.1) is 5.92 Å². The van der Waals surface area contributed by atoms with Crippen molar-refractivity contribution in [3.8, 4) is 0 Å². The lowest BCUT2D eigenvalue weighted by Gasteiger charge is -2.21. The van der Waals surface area contributed by atoms with E-state index >= 15 is 0 Å². The Morgan fingerprint density at radius 2 is 2.16 bits per heavy atom. The van der Waals surface area contributed by atoms with Crippen LogP contribution in [-0.2, 0) is 14.8 Å². The Balaban J connectivity index is 2.80. The first kappa shape index (κ1) is 15.7. The lowest BCUT2D eigenvalue weighted by atomic mass is 10.1. The summed E-state index contributed by atoms with van der Waals surface area (Å²) in [4.78, 5) is 14.4. The quantitative estimate of drug-likeness (QED) is 0.687. The minimum Gasteiger partial charge on any atom is -0.383 e. The molecule has 1 atom stereocenters. The minimum atomic E-state index is -3.81. The number of ether oxygens (including phenoxy) is 1. The first-order valence-electron chi connectivity index (χ1n) is 5.76. The molecule has 1 heterocycles. The number of primary sulfonamides is 1. The first-order chi connectivity index (χ1) is 8.75. The fraction of sp³-hybridized carbons (Fsp3) is 0.545. The number of methoxy groups -OCH3 is 1. The molecule has 0 aromatic carbocycles. The molecule has 1 rings (SSSR count). The Labute approximate surface area is 112 Å². The molecule has 1 unspecified atom stereocenters. The number of sulfonamides is 1. The number of aromatic nitrogens is 1. The molecule has 0 fully saturated rings. The zero-order valence-corrected chi connectivity index (χ0v) is 12.0. The summed E-state index contributed by atoms with van der Waals surface area (Å²) in [6.07, 6.45) is 1.19. The van der Waals surface area contributed by atoms with Gasteiger partial charge in [-0.15, -0.1) is 0 Å². The average Bonchev–Trinajstić information content (AvgIpc) is 2.76. The second-order valence-corrected chi connectivity index (χ2v) is 6.13. The van der Waals surface area contributed by atoms with Crippen LogP contribution in [-0.4, -0.2) is 39.1 Å². The fourth-order valence-electron chi connectivity index (χ4n) is 1.50. The van der Waals surface area contributed by atoms with Gasteiger partial charge in [0.05, 0.1) is 17.5 Å². The van der Waals surface area contributed by atoms with Gasteiger partial charge in [0, 0.05) is 13.3 Å². The van der Waals surface area contributed by atoms with Crippen molar-refractivity contribution in [2.45, 2.75) is 24.8 Å².